The summed E-state index contributed by atoms with van der Waals surface area (Å²) in [6, 6.07) is 11.4. The van der Waals surface area contributed by atoms with E-state index in [1.54, 1.807) is 30.3 Å². The Hall–Kier alpha value is -2.89. The van der Waals surface area contributed by atoms with E-state index in [-0.39, 0.29) is 12.0 Å². The Bertz CT molecular complexity index is 1020. The number of aliphatic hydroxyl groups is 2. The normalized spacial score (nSPS) is 15.9. The number of fused-ring (bicyclic) bond motifs is 1. The van der Waals surface area contributed by atoms with Crippen LogP contribution in [0.15, 0.2) is 42.0 Å². The van der Waals surface area contributed by atoms with Gasteiger partial charge in [0.05, 0.1) is 24.0 Å². The second-order valence-corrected chi connectivity index (χ2v) is 7.18. The summed E-state index contributed by atoms with van der Waals surface area (Å²) in [4.78, 5) is 14.3. The monoisotopic (exact) mass is 418 g/mol. The molecule has 0 amide bonds. The average Bonchev–Trinajstić information content (AvgIpc) is 2.68. The third-order valence-corrected chi connectivity index (χ3v) is 5.18. The summed E-state index contributed by atoms with van der Waals surface area (Å²) in [5.41, 5.74) is -2.08. The van der Waals surface area contributed by atoms with Crippen LogP contribution in [0.4, 0.5) is 18.9 Å². The van der Waals surface area contributed by atoms with Gasteiger partial charge in [-0.15, -0.1) is 0 Å². The summed E-state index contributed by atoms with van der Waals surface area (Å²) < 4.78 is 42.5. The van der Waals surface area contributed by atoms with Gasteiger partial charge in [0.15, 0.2) is 5.78 Å². The molecule has 3 rings (SSSR count). The van der Waals surface area contributed by atoms with Crippen molar-refractivity contribution < 1.29 is 28.2 Å². The topological polar surface area (TPSA) is 84.6 Å². The maximum atomic E-state index is 14.2. The SMILES string of the molecule is N#C/C(C(=O)CCC(O)CO)=C(\c1ccc2ccccc2c1N1CCC1)C(F)(F)F. The van der Waals surface area contributed by atoms with E-state index < -0.39 is 42.2 Å². The number of carbonyl (C=O) groups excluding carboxylic acids is 1. The van der Waals surface area contributed by atoms with E-state index in [1.165, 1.54) is 12.1 Å². The third-order valence-electron chi connectivity index (χ3n) is 5.18. The molecule has 0 aromatic heterocycles. The van der Waals surface area contributed by atoms with E-state index >= 15 is 0 Å². The molecule has 1 atom stereocenters. The zero-order chi connectivity index (χ0) is 21.9. The summed E-state index contributed by atoms with van der Waals surface area (Å²) in [5.74, 6) is -1.01. The highest BCUT2D eigenvalue weighted by Crippen LogP contribution is 2.44. The molecule has 30 heavy (non-hydrogen) atoms. The molecule has 1 unspecified atom stereocenters. The van der Waals surface area contributed by atoms with Crippen molar-refractivity contribution >= 4 is 27.8 Å². The second-order valence-electron chi connectivity index (χ2n) is 7.18. The minimum Gasteiger partial charge on any atom is -0.394 e. The zero-order valence-electron chi connectivity index (χ0n) is 16.1. The van der Waals surface area contributed by atoms with Crippen LogP contribution in [0.25, 0.3) is 16.3 Å². The zero-order valence-corrected chi connectivity index (χ0v) is 16.1. The van der Waals surface area contributed by atoms with Crippen molar-refractivity contribution in [3.8, 4) is 6.07 Å². The Morgan fingerprint density at radius 3 is 2.47 bits per heavy atom. The van der Waals surface area contributed by atoms with Crippen LogP contribution >= 0.6 is 0 Å². The van der Waals surface area contributed by atoms with Gasteiger partial charge in [-0.25, -0.2) is 0 Å². The van der Waals surface area contributed by atoms with Crippen molar-refractivity contribution in [2.24, 2.45) is 0 Å². The molecule has 8 heteroatoms. The average molecular weight is 418 g/mol. The molecule has 2 N–H and O–H groups in total. The fourth-order valence-electron chi connectivity index (χ4n) is 3.54. The molecule has 5 nitrogen and oxygen atoms in total. The van der Waals surface area contributed by atoms with E-state index in [2.05, 4.69) is 0 Å². The first kappa shape index (κ1) is 21.8. The number of nitriles is 1. The van der Waals surface area contributed by atoms with Crippen molar-refractivity contribution in [2.45, 2.75) is 31.5 Å². The number of Topliss-reactive ketones (excluding diaryl/α,β-unsaturated/α-hetero) is 1. The Morgan fingerprint density at radius 2 is 1.90 bits per heavy atom. The van der Waals surface area contributed by atoms with Gasteiger partial charge in [0.25, 0.3) is 0 Å². The molecule has 0 radical (unpaired) electrons. The van der Waals surface area contributed by atoms with Crippen LogP contribution < -0.4 is 4.90 Å². The molecule has 158 valence electrons. The molecular formula is C22H21F3N2O3. The standard InChI is InChI=1S/C22H21F3N2O3/c23-22(24,25)20(18(12-26)19(30)9-7-15(29)13-28)17-8-6-14-4-1-2-5-16(14)21(17)27-10-3-11-27/h1-2,4-6,8,15,28-29H,3,7,9-11,13H2/b20-18-. The van der Waals surface area contributed by atoms with E-state index in [0.29, 0.717) is 24.2 Å². The summed E-state index contributed by atoms with van der Waals surface area (Å²) in [6.07, 6.45) is -6.03. The van der Waals surface area contributed by atoms with Crippen LogP contribution in [0, 0.1) is 11.3 Å². The molecule has 1 saturated heterocycles. The lowest BCUT2D eigenvalue weighted by atomic mass is 9.90. The Balaban J connectivity index is 2.21. The lowest BCUT2D eigenvalue weighted by Crippen LogP contribution is -2.38. The minimum absolute atomic E-state index is 0.200. The number of anilines is 1. The maximum absolute atomic E-state index is 14.2. The number of rotatable bonds is 7. The van der Waals surface area contributed by atoms with E-state index in [0.717, 1.165) is 11.8 Å². The number of hydrogen-bond acceptors (Lipinski definition) is 5. The number of aliphatic hydroxyl groups excluding tert-OH is 2. The molecule has 0 aliphatic carbocycles. The van der Waals surface area contributed by atoms with Crippen LogP contribution in [-0.4, -0.2) is 48.0 Å². The fourth-order valence-corrected chi connectivity index (χ4v) is 3.54. The van der Waals surface area contributed by atoms with Gasteiger partial charge in [-0.05, 0) is 18.2 Å². The van der Waals surface area contributed by atoms with Gasteiger partial charge >= 0.3 is 6.18 Å². The number of alkyl halides is 3. The number of halogens is 3. The van der Waals surface area contributed by atoms with Crippen molar-refractivity contribution in [2.75, 3.05) is 24.6 Å². The first-order valence-electron chi connectivity index (χ1n) is 9.58. The highest BCUT2D eigenvalue weighted by molar-refractivity contribution is 6.10. The molecule has 1 aliphatic rings. The van der Waals surface area contributed by atoms with Gasteiger partial charge in [0.1, 0.15) is 11.6 Å². The predicted molar refractivity (Wildman–Crippen MR) is 107 cm³/mol. The molecule has 0 bridgehead atoms. The Kier molecular flexibility index (Phi) is 6.44. The smallest absolute Gasteiger partial charge is 0.394 e. The number of ketones is 1. The lowest BCUT2D eigenvalue weighted by Gasteiger charge is -2.36. The number of hydrogen-bond donors (Lipinski definition) is 2. The van der Waals surface area contributed by atoms with Crippen LogP contribution in [0.2, 0.25) is 0 Å². The van der Waals surface area contributed by atoms with Gasteiger partial charge in [0.2, 0.25) is 0 Å². The molecule has 2 aromatic rings. The van der Waals surface area contributed by atoms with E-state index in [9.17, 15) is 28.3 Å². The van der Waals surface area contributed by atoms with Crippen molar-refractivity contribution in [3.63, 3.8) is 0 Å². The maximum Gasteiger partial charge on any atom is 0.418 e. The molecule has 1 aliphatic heterocycles. The molecule has 1 heterocycles. The van der Waals surface area contributed by atoms with E-state index in [1.807, 2.05) is 4.90 Å². The van der Waals surface area contributed by atoms with Gasteiger partial charge in [-0.1, -0.05) is 36.4 Å². The fraction of sp³-hybridized carbons (Fsp3) is 0.364. The molecule has 0 saturated carbocycles. The minimum atomic E-state index is -4.93. The number of nitrogens with zero attached hydrogens (tertiary/aromatic N) is 2. The largest absolute Gasteiger partial charge is 0.418 e. The first-order chi connectivity index (χ1) is 14.3. The highest BCUT2D eigenvalue weighted by Gasteiger charge is 2.41. The molecule has 2 aromatic carbocycles. The van der Waals surface area contributed by atoms with Gasteiger partial charge < -0.3 is 15.1 Å². The second kappa shape index (κ2) is 8.86. The van der Waals surface area contributed by atoms with Crippen LogP contribution in [0.1, 0.15) is 24.8 Å². The van der Waals surface area contributed by atoms with Crippen molar-refractivity contribution in [1.29, 1.82) is 5.26 Å². The Morgan fingerprint density at radius 1 is 1.20 bits per heavy atom. The molecule has 0 spiro atoms. The molecule has 1 fully saturated rings. The van der Waals surface area contributed by atoms with Gasteiger partial charge in [-0.2, -0.15) is 18.4 Å². The first-order valence-corrected chi connectivity index (χ1v) is 9.58. The van der Waals surface area contributed by atoms with E-state index in [4.69, 9.17) is 5.11 Å². The van der Waals surface area contributed by atoms with Crippen molar-refractivity contribution in [3.05, 3.63) is 47.5 Å². The van der Waals surface area contributed by atoms with Gasteiger partial charge in [-0.3, -0.25) is 4.79 Å². The van der Waals surface area contributed by atoms with Crippen molar-refractivity contribution in [1.82, 2.24) is 0 Å². The van der Waals surface area contributed by atoms with Gasteiger partial charge in [0, 0.05) is 30.5 Å². The lowest BCUT2D eigenvalue weighted by molar-refractivity contribution is -0.116. The summed E-state index contributed by atoms with van der Waals surface area (Å²) in [5, 5.41) is 29.1. The Labute approximate surface area is 171 Å². The number of benzene rings is 2. The highest BCUT2D eigenvalue weighted by atomic mass is 19.4. The predicted octanol–water partition coefficient (Wildman–Crippen LogP) is 3.59. The summed E-state index contributed by atoms with van der Waals surface area (Å²) in [7, 11) is 0. The van der Waals surface area contributed by atoms with Crippen LogP contribution in [0.5, 0.6) is 0 Å². The molecular weight excluding hydrogens is 397 g/mol. The third kappa shape index (κ3) is 4.32. The number of allylic oxidation sites excluding steroid dienone is 2. The quantitative estimate of drug-likeness (QED) is 0.530. The number of carbonyl (C=O) groups is 1. The van der Waals surface area contributed by atoms with Crippen LogP contribution in [0.3, 0.4) is 0 Å². The summed E-state index contributed by atoms with van der Waals surface area (Å²) in [6.45, 7) is 0.560. The van der Waals surface area contributed by atoms with Crippen LogP contribution in [-0.2, 0) is 4.79 Å². The summed E-state index contributed by atoms with van der Waals surface area (Å²) >= 11 is 0.